The van der Waals surface area contributed by atoms with Crippen molar-refractivity contribution in [3.05, 3.63) is 52.1 Å². The number of carbonyl (C=O) groups is 1. The van der Waals surface area contributed by atoms with Gasteiger partial charge in [-0.25, -0.2) is 0 Å². The Morgan fingerprint density at radius 2 is 1.91 bits per heavy atom. The van der Waals surface area contributed by atoms with E-state index in [1.807, 2.05) is 0 Å². The third kappa shape index (κ3) is 2.07. The summed E-state index contributed by atoms with van der Waals surface area (Å²) in [5.41, 5.74) is 0.100. The first-order chi connectivity index (χ1) is 10.3. The maximum absolute atomic E-state index is 12.7. The van der Waals surface area contributed by atoms with Gasteiger partial charge in [0.25, 0.3) is 6.04 Å². The summed E-state index contributed by atoms with van der Waals surface area (Å²) in [4.78, 5) is 22.5. The molecule has 0 spiro atoms. The molecule has 1 aliphatic heterocycles. The molecule has 114 valence electrons. The first-order valence-electron chi connectivity index (χ1n) is 6.34. The molecule has 1 atom stereocenters. The van der Waals surface area contributed by atoms with E-state index in [4.69, 9.17) is 0 Å². The molecule has 0 N–H and O–H groups in total. The third-order valence-electron chi connectivity index (χ3n) is 3.67. The summed E-state index contributed by atoms with van der Waals surface area (Å²) in [5, 5.41) is 12.4. The number of rotatable bonds is 1. The zero-order chi connectivity index (χ0) is 16.1. The molecule has 22 heavy (non-hydrogen) atoms. The minimum Gasteiger partial charge on any atom is -0.297 e. The Labute approximate surface area is 122 Å². The van der Waals surface area contributed by atoms with Crippen molar-refractivity contribution >= 4 is 22.4 Å². The second kappa shape index (κ2) is 4.69. The van der Waals surface area contributed by atoms with Crippen LogP contribution >= 0.6 is 0 Å². The molecule has 0 fully saturated rings. The largest absolute Gasteiger partial charge is 0.471 e. The zero-order valence-corrected chi connectivity index (χ0v) is 11.0. The van der Waals surface area contributed by atoms with Gasteiger partial charge in [-0.05, 0) is 16.8 Å². The molecule has 0 radical (unpaired) electrons. The smallest absolute Gasteiger partial charge is 0.297 e. The SMILES string of the molecule is O=C(N1CC([N+](=O)[O-])c2c1ccc1ccccc21)C(F)(F)F. The summed E-state index contributed by atoms with van der Waals surface area (Å²) >= 11 is 0. The van der Waals surface area contributed by atoms with Gasteiger partial charge in [-0.15, -0.1) is 0 Å². The fourth-order valence-electron chi connectivity index (χ4n) is 2.75. The van der Waals surface area contributed by atoms with Crippen molar-refractivity contribution in [3.8, 4) is 0 Å². The number of nitro groups is 1. The lowest BCUT2D eigenvalue weighted by atomic mass is 10.00. The lowest BCUT2D eigenvalue weighted by Crippen LogP contribution is -2.41. The number of hydrogen-bond acceptors (Lipinski definition) is 3. The van der Waals surface area contributed by atoms with Crippen LogP contribution in [0.2, 0.25) is 0 Å². The fourth-order valence-corrected chi connectivity index (χ4v) is 2.75. The van der Waals surface area contributed by atoms with Gasteiger partial charge in [0.1, 0.15) is 0 Å². The lowest BCUT2D eigenvalue weighted by Gasteiger charge is -2.18. The van der Waals surface area contributed by atoms with Crippen molar-refractivity contribution in [2.45, 2.75) is 12.2 Å². The van der Waals surface area contributed by atoms with Crippen molar-refractivity contribution < 1.29 is 22.9 Å². The van der Waals surface area contributed by atoms with Crippen LogP contribution in [0.3, 0.4) is 0 Å². The third-order valence-corrected chi connectivity index (χ3v) is 3.67. The topological polar surface area (TPSA) is 63.5 Å². The van der Waals surface area contributed by atoms with E-state index in [-0.39, 0.29) is 11.3 Å². The molecule has 1 unspecified atom stereocenters. The van der Waals surface area contributed by atoms with Crippen LogP contribution in [0.5, 0.6) is 0 Å². The quantitative estimate of drug-likeness (QED) is 0.600. The number of hydrogen-bond donors (Lipinski definition) is 0. The summed E-state index contributed by atoms with van der Waals surface area (Å²) in [7, 11) is 0. The van der Waals surface area contributed by atoms with E-state index in [0.717, 1.165) is 0 Å². The molecule has 2 aromatic carbocycles. The molecule has 0 saturated carbocycles. The molecule has 0 saturated heterocycles. The second-order valence-electron chi connectivity index (χ2n) is 4.93. The van der Waals surface area contributed by atoms with Crippen molar-refractivity contribution in [1.29, 1.82) is 0 Å². The minimum absolute atomic E-state index is 0.0530. The Bertz CT molecular complexity index is 788. The van der Waals surface area contributed by atoms with Gasteiger partial charge in [0.2, 0.25) is 0 Å². The number of amides is 1. The number of nitrogens with zero attached hydrogens (tertiary/aromatic N) is 2. The zero-order valence-electron chi connectivity index (χ0n) is 11.0. The second-order valence-corrected chi connectivity index (χ2v) is 4.93. The van der Waals surface area contributed by atoms with Crippen LogP contribution < -0.4 is 4.90 Å². The highest BCUT2D eigenvalue weighted by Crippen LogP contribution is 2.42. The summed E-state index contributed by atoms with van der Waals surface area (Å²) in [5.74, 6) is -2.09. The van der Waals surface area contributed by atoms with E-state index in [1.165, 1.54) is 6.07 Å². The summed E-state index contributed by atoms with van der Waals surface area (Å²) in [6.07, 6.45) is -5.07. The maximum atomic E-state index is 12.7. The highest BCUT2D eigenvalue weighted by atomic mass is 19.4. The van der Waals surface area contributed by atoms with Crippen LogP contribution in [-0.2, 0) is 4.79 Å². The van der Waals surface area contributed by atoms with Crippen molar-refractivity contribution in [2.24, 2.45) is 0 Å². The van der Waals surface area contributed by atoms with Crippen LogP contribution in [0, 0.1) is 10.1 Å². The molecule has 3 rings (SSSR count). The highest BCUT2D eigenvalue weighted by Gasteiger charge is 2.49. The van der Waals surface area contributed by atoms with Crippen molar-refractivity contribution in [2.75, 3.05) is 11.4 Å². The number of carbonyl (C=O) groups excluding carboxylic acids is 1. The van der Waals surface area contributed by atoms with Crippen LogP contribution in [-0.4, -0.2) is 23.6 Å². The van der Waals surface area contributed by atoms with Gasteiger partial charge in [0.05, 0.1) is 17.8 Å². The fraction of sp³-hybridized carbons (Fsp3) is 0.214. The van der Waals surface area contributed by atoms with Gasteiger partial charge >= 0.3 is 12.1 Å². The van der Waals surface area contributed by atoms with Crippen molar-refractivity contribution in [1.82, 2.24) is 0 Å². The average Bonchev–Trinajstić information content (AvgIpc) is 2.85. The molecular weight excluding hydrogens is 301 g/mol. The van der Waals surface area contributed by atoms with Crippen LogP contribution in [0.4, 0.5) is 18.9 Å². The van der Waals surface area contributed by atoms with E-state index in [9.17, 15) is 28.1 Å². The molecule has 0 aromatic heterocycles. The van der Waals surface area contributed by atoms with E-state index >= 15 is 0 Å². The predicted octanol–water partition coefficient (Wildman–Crippen LogP) is 3.07. The molecule has 0 aliphatic carbocycles. The number of benzene rings is 2. The first-order valence-corrected chi connectivity index (χ1v) is 6.34. The van der Waals surface area contributed by atoms with E-state index < -0.39 is 29.6 Å². The molecule has 1 aliphatic rings. The van der Waals surface area contributed by atoms with Gasteiger partial charge < -0.3 is 0 Å². The number of halogens is 3. The highest BCUT2D eigenvalue weighted by molar-refractivity contribution is 6.03. The molecule has 8 heteroatoms. The normalized spacial score (nSPS) is 17.6. The Kier molecular flexibility index (Phi) is 3.05. The van der Waals surface area contributed by atoms with Crippen LogP contribution in [0.1, 0.15) is 11.6 Å². The Hall–Kier alpha value is -2.64. The van der Waals surface area contributed by atoms with Gasteiger partial charge in [0, 0.05) is 4.92 Å². The van der Waals surface area contributed by atoms with Gasteiger partial charge in [-0.3, -0.25) is 19.8 Å². The average molecular weight is 310 g/mol. The number of fused-ring (bicyclic) bond motifs is 3. The van der Waals surface area contributed by atoms with Gasteiger partial charge in [-0.1, -0.05) is 30.3 Å². The molecule has 2 aromatic rings. The number of alkyl halides is 3. The Balaban J connectivity index is 2.22. The van der Waals surface area contributed by atoms with Crippen LogP contribution in [0.25, 0.3) is 10.8 Å². The molecular formula is C14H9F3N2O3. The van der Waals surface area contributed by atoms with E-state index in [2.05, 4.69) is 0 Å². The summed E-state index contributed by atoms with van der Waals surface area (Å²) < 4.78 is 38.0. The molecule has 1 amide bonds. The molecule has 1 heterocycles. The minimum atomic E-state index is -5.07. The number of anilines is 1. The Morgan fingerprint density at radius 1 is 1.23 bits per heavy atom. The maximum Gasteiger partial charge on any atom is 0.471 e. The predicted molar refractivity (Wildman–Crippen MR) is 72.1 cm³/mol. The lowest BCUT2D eigenvalue weighted by molar-refractivity contribution is -0.523. The van der Waals surface area contributed by atoms with Crippen LogP contribution in [0.15, 0.2) is 36.4 Å². The van der Waals surface area contributed by atoms with E-state index in [0.29, 0.717) is 15.7 Å². The van der Waals surface area contributed by atoms with Gasteiger partial charge in [0.15, 0.2) is 0 Å². The summed E-state index contributed by atoms with van der Waals surface area (Å²) in [6.45, 7) is -0.616. The van der Waals surface area contributed by atoms with Crippen molar-refractivity contribution in [3.63, 3.8) is 0 Å². The monoisotopic (exact) mass is 310 g/mol. The van der Waals surface area contributed by atoms with Gasteiger partial charge in [-0.2, -0.15) is 13.2 Å². The first kappa shape index (κ1) is 14.3. The standard InChI is InChI=1S/C14H9F3N2O3/c15-14(16,17)13(20)18-7-11(19(21)22)12-9-4-2-1-3-8(9)5-6-10(12)18/h1-6,11H,7H2. The summed E-state index contributed by atoms with van der Waals surface area (Å²) in [6, 6.07) is 8.19. The Morgan fingerprint density at radius 3 is 2.55 bits per heavy atom. The van der Waals surface area contributed by atoms with E-state index in [1.54, 1.807) is 30.3 Å². The molecule has 5 nitrogen and oxygen atoms in total. The molecule has 0 bridgehead atoms.